The third kappa shape index (κ3) is 4.73. The van der Waals surface area contributed by atoms with E-state index >= 15 is 0 Å². The van der Waals surface area contributed by atoms with E-state index in [1.54, 1.807) is 6.26 Å². The van der Waals surface area contributed by atoms with Gasteiger partial charge in [-0.2, -0.15) is 0 Å². The molecule has 1 fully saturated rings. The largest absolute Gasteiger partial charge is 0.376 e. The van der Waals surface area contributed by atoms with Crippen molar-refractivity contribution in [1.82, 2.24) is 13.9 Å². The van der Waals surface area contributed by atoms with Gasteiger partial charge in [-0.15, -0.1) is 0 Å². The van der Waals surface area contributed by atoms with E-state index in [1.807, 2.05) is 17.9 Å². The van der Waals surface area contributed by atoms with Crippen LogP contribution in [0.2, 0.25) is 0 Å². The fraction of sp³-hybridized carbons (Fsp3) is 0.591. The summed E-state index contributed by atoms with van der Waals surface area (Å²) in [7, 11) is 0.969. The van der Waals surface area contributed by atoms with Crippen LogP contribution in [0.4, 0.5) is 5.69 Å². The Labute approximate surface area is 176 Å². The van der Waals surface area contributed by atoms with Crippen molar-refractivity contribution in [3.05, 3.63) is 47.5 Å². The summed E-state index contributed by atoms with van der Waals surface area (Å²) in [5.74, 6) is 0. The average molecular weight is 417 g/mol. The topological polar surface area (TPSA) is 50.6 Å². The molecule has 6 nitrogen and oxygen atoms in total. The van der Waals surface area contributed by atoms with Crippen molar-refractivity contribution >= 4 is 16.7 Å². The van der Waals surface area contributed by atoms with Gasteiger partial charge in [-0.1, -0.05) is 25.0 Å². The predicted molar refractivity (Wildman–Crippen MR) is 117 cm³/mol. The second kappa shape index (κ2) is 8.98. The second-order valence-electron chi connectivity index (χ2n) is 8.37. The maximum atomic E-state index is 12.5. The zero-order valence-corrected chi connectivity index (χ0v) is 18.5. The summed E-state index contributed by atoms with van der Waals surface area (Å²) in [6.07, 6.45) is 10.9. The Morgan fingerprint density at radius 3 is 2.76 bits per heavy atom. The first-order valence-corrected chi connectivity index (χ1v) is 12.0. The summed E-state index contributed by atoms with van der Waals surface area (Å²) in [6.45, 7) is 4.93. The molecule has 1 aromatic heterocycles. The van der Waals surface area contributed by atoms with Crippen molar-refractivity contribution in [2.75, 3.05) is 24.3 Å². The number of rotatable bonds is 6. The minimum absolute atomic E-state index is 0.129. The molecule has 2 atom stereocenters. The van der Waals surface area contributed by atoms with Crippen LogP contribution in [0.15, 0.2) is 30.7 Å². The van der Waals surface area contributed by atoms with Crippen LogP contribution < -0.4 is 4.90 Å². The number of nitrogens with zero attached hydrogens (tertiary/aromatic N) is 4. The van der Waals surface area contributed by atoms with Gasteiger partial charge < -0.3 is 14.2 Å². The lowest BCUT2D eigenvalue weighted by Gasteiger charge is -2.34. The molecule has 2 unspecified atom stereocenters. The minimum Gasteiger partial charge on any atom is -0.376 e. The predicted octanol–water partition coefficient (Wildman–Crippen LogP) is 3.17. The number of benzene rings is 1. The van der Waals surface area contributed by atoms with Crippen molar-refractivity contribution in [2.24, 2.45) is 7.05 Å². The van der Waals surface area contributed by atoms with Gasteiger partial charge in [0.05, 0.1) is 48.3 Å². The van der Waals surface area contributed by atoms with Crippen LogP contribution >= 0.6 is 0 Å². The molecule has 1 aliphatic heterocycles. The first kappa shape index (κ1) is 20.6. The number of anilines is 1. The van der Waals surface area contributed by atoms with Crippen molar-refractivity contribution in [1.29, 1.82) is 0 Å². The minimum atomic E-state index is -1.03. The Hall–Kier alpha value is -1.70. The molecule has 29 heavy (non-hydrogen) atoms. The quantitative estimate of drug-likeness (QED) is 0.726. The third-order valence-electron chi connectivity index (χ3n) is 6.17. The van der Waals surface area contributed by atoms with Gasteiger partial charge >= 0.3 is 0 Å². The number of fused-ring (bicyclic) bond motifs is 1. The highest BCUT2D eigenvalue weighted by Crippen LogP contribution is 2.32. The maximum Gasteiger partial charge on any atom is 0.0947 e. The summed E-state index contributed by atoms with van der Waals surface area (Å²) < 4.78 is 22.9. The van der Waals surface area contributed by atoms with E-state index in [-0.39, 0.29) is 6.04 Å². The molecule has 0 bridgehead atoms. The molecule has 0 radical (unpaired) electrons. The Bertz CT molecular complexity index is 862. The number of ether oxygens (including phenoxy) is 1. The highest BCUT2D eigenvalue weighted by Gasteiger charge is 2.31. The van der Waals surface area contributed by atoms with Gasteiger partial charge in [0, 0.05) is 38.3 Å². The van der Waals surface area contributed by atoms with E-state index in [4.69, 9.17) is 4.74 Å². The third-order valence-corrected chi connectivity index (χ3v) is 7.17. The van der Waals surface area contributed by atoms with E-state index in [2.05, 4.69) is 45.5 Å². The molecule has 0 N–H and O–H groups in total. The summed E-state index contributed by atoms with van der Waals surface area (Å²) >= 11 is 0. The van der Waals surface area contributed by atoms with Crippen LogP contribution in [-0.2, 0) is 35.9 Å². The first-order chi connectivity index (χ1) is 14.0. The molecule has 0 amide bonds. The summed E-state index contributed by atoms with van der Waals surface area (Å²) in [6, 6.07) is 6.58. The Morgan fingerprint density at radius 1 is 1.28 bits per heavy atom. The Balaban J connectivity index is 1.67. The molecule has 2 heterocycles. The van der Waals surface area contributed by atoms with Gasteiger partial charge in [-0.25, -0.2) is 13.5 Å². The van der Waals surface area contributed by atoms with Crippen LogP contribution in [0, 0.1) is 6.92 Å². The van der Waals surface area contributed by atoms with E-state index in [0.29, 0.717) is 19.3 Å². The van der Waals surface area contributed by atoms with Crippen molar-refractivity contribution in [2.45, 2.75) is 57.8 Å². The van der Waals surface area contributed by atoms with Crippen molar-refractivity contribution in [3.8, 4) is 0 Å². The Morgan fingerprint density at radius 2 is 2.07 bits per heavy atom. The van der Waals surface area contributed by atoms with Crippen molar-refractivity contribution in [3.63, 3.8) is 0 Å². The van der Waals surface area contributed by atoms with E-state index in [9.17, 15) is 4.21 Å². The maximum absolute atomic E-state index is 12.5. The van der Waals surface area contributed by atoms with Crippen molar-refractivity contribution < 1.29 is 8.95 Å². The van der Waals surface area contributed by atoms with E-state index < -0.39 is 11.0 Å². The molecule has 1 saturated carbocycles. The van der Waals surface area contributed by atoms with Gasteiger partial charge in [0.1, 0.15) is 0 Å². The van der Waals surface area contributed by atoms with Gasteiger partial charge in [0.25, 0.3) is 0 Å². The summed E-state index contributed by atoms with van der Waals surface area (Å²) in [4.78, 5) is 6.99. The average Bonchev–Trinajstić information content (AvgIpc) is 3.32. The molecular weight excluding hydrogens is 384 g/mol. The first-order valence-electron chi connectivity index (χ1n) is 10.5. The van der Waals surface area contributed by atoms with E-state index in [1.165, 1.54) is 29.7 Å². The zero-order valence-electron chi connectivity index (χ0n) is 17.7. The molecule has 2 aliphatic rings. The van der Waals surface area contributed by atoms with Crippen LogP contribution in [-0.4, -0.2) is 49.6 Å². The second-order valence-corrected chi connectivity index (χ2v) is 9.73. The number of imidazole rings is 1. The number of hydrogen-bond donors (Lipinski definition) is 0. The van der Waals surface area contributed by atoms with Gasteiger partial charge in [-0.3, -0.25) is 0 Å². The highest BCUT2D eigenvalue weighted by atomic mass is 32.2. The number of aromatic nitrogens is 2. The number of aryl methyl sites for hydroxylation is 2. The van der Waals surface area contributed by atoms with Gasteiger partial charge in [0.2, 0.25) is 0 Å². The molecule has 0 saturated heterocycles. The van der Waals surface area contributed by atoms with Crippen LogP contribution in [0.1, 0.15) is 42.5 Å². The van der Waals surface area contributed by atoms with Crippen LogP contribution in [0.25, 0.3) is 0 Å². The van der Waals surface area contributed by atoms with Crippen LogP contribution in [0.5, 0.6) is 0 Å². The fourth-order valence-corrected chi connectivity index (χ4v) is 5.20. The normalized spacial score (nSPS) is 21.9. The molecule has 0 spiro atoms. The monoisotopic (exact) mass is 416 g/mol. The fourth-order valence-electron chi connectivity index (χ4n) is 4.51. The molecular formula is C22H32N4O2S. The van der Waals surface area contributed by atoms with E-state index in [0.717, 1.165) is 31.6 Å². The Kier molecular flexibility index (Phi) is 6.37. The lowest BCUT2D eigenvalue weighted by Crippen LogP contribution is -2.45. The smallest absolute Gasteiger partial charge is 0.0947 e. The lowest BCUT2D eigenvalue weighted by atomic mass is 10.1. The number of hydrogen-bond acceptors (Lipinski definition) is 4. The molecule has 1 aliphatic carbocycles. The zero-order chi connectivity index (χ0) is 20.4. The molecule has 158 valence electrons. The molecule has 1 aromatic carbocycles. The lowest BCUT2D eigenvalue weighted by molar-refractivity contribution is 0.0451. The van der Waals surface area contributed by atoms with Gasteiger partial charge in [-0.05, 0) is 37.0 Å². The SMILES string of the molecule is Cc1cccc2c1CN(S(C)=O)CC(COC1CCCC1)N2Cc1cn(C)cn1. The highest BCUT2D eigenvalue weighted by molar-refractivity contribution is 7.81. The molecule has 7 heteroatoms. The van der Waals surface area contributed by atoms with Crippen LogP contribution in [0.3, 0.4) is 0 Å². The van der Waals surface area contributed by atoms with Gasteiger partial charge in [0.15, 0.2) is 0 Å². The molecule has 2 aromatic rings. The summed E-state index contributed by atoms with van der Waals surface area (Å²) in [5.41, 5.74) is 4.74. The summed E-state index contributed by atoms with van der Waals surface area (Å²) in [5, 5.41) is 0. The standard InChI is InChI=1S/C22H32N4O2S/c1-17-7-6-10-22-21(17)14-25(29(3)27)13-19(15-28-20-8-4-5-9-20)26(22)12-18-11-24(2)16-23-18/h6-7,10-11,16,19-20H,4-5,8-9,12-15H2,1-3H3. The molecule has 4 rings (SSSR count).